The molecule has 0 spiro atoms. The zero-order valence-corrected chi connectivity index (χ0v) is 12.2. The molecule has 2 atom stereocenters. The fourth-order valence-electron chi connectivity index (χ4n) is 2.27. The molecule has 1 aromatic rings. The van der Waals surface area contributed by atoms with E-state index in [1.807, 2.05) is 12.1 Å². The van der Waals surface area contributed by atoms with Gasteiger partial charge < -0.3 is 15.2 Å². The van der Waals surface area contributed by atoms with Crippen molar-refractivity contribution in [3.8, 4) is 0 Å². The van der Waals surface area contributed by atoms with Gasteiger partial charge in [-0.3, -0.25) is 0 Å². The number of nitrogens with one attached hydrogen (secondary N) is 1. The molecule has 1 saturated heterocycles. The normalized spacial score (nSPS) is 25.3. The van der Waals surface area contributed by atoms with Crippen LogP contribution in [-0.4, -0.2) is 30.5 Å². The maximum Gasteiger partial charge on any atom is 0.103 e. The van der Waals surface area contributed by atoms with Gasteiger partial charge in [-0.2, -0.15) is 0 Å². The van der Waals surface area contributed by atoms with E-state index in [1.165, 1.54) is 5.56 Å². The Labute approximate surface area is 117 Å². The van der Waals surface area contributed by atoms with E-state index in [9.17, 15) is 5.11 Å². The first-order valence-corrected chi connectivity index (χ1v) is 7.21. The van der Waals surface area contributed by atoms with Crippen LogP contribution in [0.4, 0.5) is 0 Å². The van der Waals surface area contributed by atoms with Gasteiger partial charge in [0.15, 0.2) is 0 Å². The third kappa shape index (κ3) is 3.54. The third-order valence-corrected chi connectivity index (χ3v) is 3.91. The monoisotopic (exact) mass is 313 g/mol. The van der Waals surface area contributed by atoms with E-state index in [2.05, 4.69) is 40.3 Å². The van der Waals surface area contributed by atoms with Crippen molar-refractivity contribution in [1.29, 1.82) is 0 Å². The SMILES string of the molecule is CCC(NCC1(O)CCOC1)c1cccc(Br)c1. The summed E-state index contributed by atoms with van der Waals surface area (Å²) in [6.45, 7) is 3.83. The number of rotatable bonds is 5. The zero-order chi connectivity index (χ0) is 13.0. The maximum absolute atomic E-state index is 10.2. The lowest BCUT2D eigenvalue weighted by atomic mass is 10.0. The van der Waals surface area contributed by atoms with E-state index in [-0.39, 0.29) is 6.04 Å². The van der Waals surface area contributed by atoms with Gasteiger partial charge in [0.25, 0.3) is 0 Å². The summed E-state index contributed by atoms with van der Waals surface area (Å²) in [7, 11) is 0. The van der Waals surface area contributed by atoms with Crippen molar-refractivity contribution >= 4 is 15.9 Å². The van der Waals surface area contributed by atoms with E-state index < -0.39 is 5.60 Å². The maximum atomic E-state index is 10.2. The molecule has 0 radical (unpaired) electrons. The second kappa shape index (κ2) is 6.15. The summed E-state index contributed by atoms with van der Waals surface area (Å²) in [5.74, 6) is 0. The Balaban J connectivity index is 1.97. The minimum Gasteiger partial charge on any atom is -0.386 e. The molecule has 1 aliphatic rings. The molecule has 0 saturated carbocycles. The standard InChI is InChI=1S/C14H20BrNO2/c1-2-13(11-4-3-5-12(15)8-11)16-9-14(17)6-7-18-10-14/h3-5,8,13,16-17H,2,6-7,9-10H2,1H3. The first-order valence-electron chi connectivity index (χ1n) is 6.42. The van der Waals surface area contributed by atoms with Crippen LogP contribution in [0.1, 0.15) is 31.4 Å². The number of halogens is 1. The second-order valence-electron chi connectivity index (χ2n) is 4.92. The van der Waals surface area contributed by atoms with Crippen molar-refractivity contribution in [2.24, 2.45) is 0 Å². The van der Waals surface area contributed by atoms with Crippen LogP contribution in [0.5, 0.6) is 0 Å². The van der Waals surface area contributed by atoms with Crippen LogP contribution >= 0.6 is 15.9 Å². The van der Waals surface area contributed by atoms with Crippen LogP contribution in [0.3, 0.4) is 0 Å². The smallest absolute Gasteiger partial charge is 0.103 e. The molecule has 100 valence electrons. The lowest BCUT2D eigenvalue weighted by Gasteiger charge is -2.25. The fourth-order valence-corrected chi connectivity index (χ4v) is 2.69. The molecule has 2 unspecified atom stereocenters. The largest absolute Gasteiger partial charge is 0.386 e. The molecule has 2 N–H and O–H groups in total. The summed E-state index contributed by atoms with van der Waals surface area (Å²) in [6.07, 6.45) is 1.71. The topological polar surface area (TPSA) is 41.5 Å². The van der Waals surface area contributed by atoms with Gasteiger partial charge in [-0.15, -0.1) is 0 Å². The Bertz CT molecular complexity index is 391. The summed E-state index contributed by atoms with van der Waals surface area (Å²) in [6, 6.07) is 8.57. The Kier molecular flexibility index (Phi) is 4.78. The summed E-state index contributed by atoms with van der Waals surface area (Å²) in [4.78, 5) is 0. The number of hydrogen-bond acceptors (Lipinski definition) is 3. The fraction of sp³-hybridized carbons (Fsp3) is 0.571. The lowest BCUT2D eigenvalue weighted by molar-refractivity contribution is 0.0246. The predicted molar refractivity (Wildman–Crippen MR) is 75.6 cm³/mol. The molecule has 0 aliphatic carbocycles. The number of aliphatic hydroxyl groups is 1. The summed E-state index contributed by atoms with van der Waals surface area (Å²) in [5.41, 5.74) is 0.550. The van der Waals surface area contributed by atoms with E-state index in [0.29, 0.717) is 19.8 Å². The van der Waals surface area contributed by atoms with Crippen LogP contribution in [0.2, 0.25) is 0 Å². The van der Waals surface area contributed by atoms with Crippen LogP contribution in [-0.2, 0) is 4.74 Å². The molecule has 0 bridgehead atoms. The molecule has 0 aromatic heterocycles. The van der Waals surface area contributed by atoms with E-state index in [4.69, 9.17) is 4.74 Å². The van der Waals surface area contributed by atoms with Gasteiger partial charge in [0.2, 0.25) is 0 Å². The molecule has 3 nitrogen and oxygen atoms in total. The number of benzene rings is 1. The minimum absolute atomic E-state index is 0.270. The van der Waals surface area contributed by atoms with Gasteiger partial charge >= 0.3 is 0 Å². The van der Waals surface area contributed by atoms with Gasteiger partial charge in [0, 0.05) is 30.1 Å². The average molecular weight is 314 g/mol. The third-order valence-electron chi connectivity index (χ3n) is 3.42. The Morgan fingerprint density at radius 1 is 1.56 bits per heavy atom. The highest BCUT2D eigenvalue weighted by Crippen LogP contribution is 2.23. The van der Waals surface area contributed by atoms with Crippen LogP contribution in [0.25, 0.3) is 0 Å². The second-order valence-corrected chi connectivity index (χ2v) is 5.84. The summed E-state index contributed by atoms with van der Waals surface area (Å²) < 4.78 is 6.34. The van der Waals surface area contributed by atoms with Crippen LogP contribution in [0, 0.1) is 0 Å². The molecular formula is C14H20BrNO2. The van der Waals surface area contributed by atoms with Gasteiger partial charge in [-0.25, -0.2) is 0 Å². The molecule has 1 heterocycles. The summed E-state index contributed by atoms with van der Waals surface area (Å²) >= 11 is 3.49. The van der Waals surface area contributed by atoms with Crippen molar-refractivity contribution in [2.45, 2.75) is 31.4 Å². The number of ether oxygens (including phenoxy) is 1. The molecule has 18 heavy (non-hydrogen) atoms. The Morgan fingerprint density at radius 2 is 2.39 bits per heavy atom. The van der Waals surface area contributed by atoms with Gasteiger partial charge in [0.1, 0.15) is 5.60 Å². The van der Waals surface area contributed by atoms with Crippen molar-refractivity contribution in [1.82, 2.24) is 5.32 Å². The van der Waals surface area contributed by atoms with Gasteiger partial charge in [-0.05, 0) is 24.1 Å². The average Bonchev–Trinajstić information content (AvgIpc) is 2.77. The first kappa shape index (κ1) is 14.0. The van der Waals surface area contributed by atoms with E-state index >= 15 is 0 Å². The molecular weight excluding hydrogens is 294 g/mol. The highest BCUT2D eigenvalue weighted by atomic mass is 79.9. The molecule has 1 fully saturated rings. The lowest BCUT2D eigenvalue weighted by Crippen LogP contribution is -2.42. The van der Waals surface area contributed by atoms with Crippen molar-refractivity contribution in [3.63, 3.8) is 0 Å². The van der Waals surface area contributed by atoms with Gasteiger partial charge in [0.05, 0.1) is 6.61 Å². The highest BCUT2D eigenvalue weighted by Gasteiger charge is 2.32. The molecule has 4 heteroatoms. The van der Waals surface area contributed by atoms with Gasteiger partial charge in [-0.1, -0.05) is 35.0 Å². The van der Waals surface area contributed by atoms with Crippen molar-refractivity contribution in [2.75, 3.05) is 19.8 Å². The molecule has 1 aromatic carbocycles. The molecule has 1 aliphatic heterocycles. The van der Waals surface area contributed by atoms with E-state index in [1.54, 1.807) is 0 Å². The minimum atomic E-state index is -0.695. The highest BCUT2D eigenvalue weighted by molar-refractivity contribution is 9.10. The van der Waals surface area contributed by atoms with Crippen LogP contribution in [0.15, 0.2) is 28.7 Å². The first-order chi connectivity index (χ1) is 8.63. The zero-order valence-electron chi connectivity index (χ0n) is 10.7. The quantitative estimate of drug-likeness (QED) is 0.878. The molecule has 2 rings (SSSR count). The van der Waals surface area contributed by atoms with Crippen molar-refractivity contribution in [3.05, 3.63) is 34.3 Å². The van der Waals surface area contributed by atoms with E-state index in [0.717, 1.165) is 17.3 Å². The summed E-state index contributed by atoms with van der Waals surface area (Å²) in [5, 5.41) is 13.7. The molecule has 0 amide bonds. The van der Waals surface area contributed by atoms with Crippen LogP contribution < -0.4 is 5.32 Å². The van der Waals surface area contributed by atoms with Crippen molar-refractivity contribution < 1.29 is 9.84 Å². The Morgan fingerprint density at radius 3 is 3.00 bits per heavy atom. The Hall–Kier alpha value is -0.420. The number of hydrogen-bond donors (Lipinski definition) is 2. The predicted octanol–water partition coefficient (Wildman–Crippen LogP) is 2.64.